The minimum atomic E-state index is 0.759. The second-order valence-corrected chi connectivity index (χ2v) is 4.68. The molecule has 0 atom stereocenters. The molecule has 92 valence electrons. The maximum atomic E-state index is 5.94. The van der Waals surface area contributed by atoms with E-state index in [-0.39, 0.29) is 0 Å². The molecule has 0 fully saturated rings. The molecule has 0 aliphatic heterocycles. The van der Waals surface area contributed by atoms with Crippen molar-refractivity contribution in [3.8, 4) is 0 Å². The van der Waals surface area contributed by atoms with Gasteiger partial charge >= 0.3 is 0 Å². The summed E-state index contributed by atoms with van der Waals surface area (Å²) in [5.74, 6) is 1.04. The number of hydrogen-bond donors (Lipinski definition) is 1. The van der Waals surface area contributed by atoms with Crippen LogP contribution in [0.25, 0.3) is 11.0 Å². The van der Waals surface area contributed by atoms with Gasteiger partial charge in [0.15, 0.2) is 0 Å². The summed E-state index contributed by atoms with van der Waals surface area (Å²) in [6.07, 6.45) is 3.26. The Hall–Kier alpha value is -0.990. The molecule has 1 aromatic heterocycles. The molecule has 0 saturated heterocycles. The predicted molar refractivity (Wildman–Crippen MR) is 72.7 cm³/mol. The van der Waals surface area contributed by atoms with E-state index in [9.17, 15) is 0 Å². The zero-order chi connectivity index (χ0) is 12.1. The highest BCUT2D eigenvalue weighted by molar-refractivity contribution is 6.31. The van der Waals surface area contributed by atoms with Crippen LogP contribution >= 0.6 is 11.6 Å². The van der Waals surface area contributed by atoms with Gasteiger partial charge in [-0.25, -0.2) is 0 Å². The van der Waals surface area contributed by atoms with Crippen molar-refractivity contribution in [1.82, 2.24) is 5.32 Å². The van der Waals surface area contributed by atoms with Gasteiger partial charge in [0.2, 0.25) is 0 Å². The molecule has 0 aliphatic carbocycles. The van der Waals surface area contributed by atoms with Crippen molar-refractivity contribution >= 4 is 22.6 Å². The average Bonchev–Trinajstić information content (AvgIpc) is 2.70. The van der Waals surface area contributed by atoms with Gasteiger partial charge in [-0.05, 0) is 50.2 Å². The number of rotatable bonds is 6. The third-order valence-corrected chi connectivity index (χ3v) is 2.97. The van der Waals surface area contributed by atoms with Crippen molar-refractivity contribution in [3.63, 3.8) is 0 Å². The smallest absolute Gasteiger partial charge is 0.134 e. The molecule has 1 heterocycles. The number of benzene rings is 1. The lowest BCUT2D eigenvalue weighted by Crippen LogP contribution is -2.16. The summed E-state index contributed by atoms with van der Waals surface area (Å²) in [5.41, 5.74) is 0.922. The van der Waals surface area contributed by atoms with E-state index < -0.39 is 0 Å². The van der Waals surface area contributed by atoms with Crippen molar-refractivity contribution in [2.75, 3.05) is 13.1 Å². The fraction of sp³-hybridized carbons (Fsp3) is 0.429. The van der Waals surface area contributed by atoms with Crippen molar-refractivity contribution < 1.29 is 4.42 Å². The highest BCUT2D eigenvalue weighted by Gasteiger charge is 2.03. The van der Waals surface area contributed by atoms with Crippen molar-refractivity contribution in [2.45, 2.75) is 26.2 Å². The van der Waals surface area contributed by atoms with Gasteiger partial charge in [-0.2, -0.15) is 0 Å². The highest BCUT2D eigenvalue weighted by atomic mass is 35.5. The highest BCUT2D eigenvalue weighted by Crippen LogP contribution is 2.23. The summed E-state index contributed by atoms with van der Waals surface area (Å²) >= 11 is 5.94. The Morgan fingerprint density at radius 1 is 1.24 bits per heavy atom. The zero-order valence-corrected chi connectivity index (χ0v) is 10.9. The number of nitrogens with one attached hydrogen (secondary N) is 1. The van der Waals surface area contributed by atoms with Gasteiger partial charge in [0.25, 0.3) is 0 Å². The molecule has 0 spiro atoms. The number of hydrogen-bond acceptors (Lipinski definition) is 2. The molecule has 17 heavy (non-hydrogen) atoms. The first-order valence-electron chi connectivity index (χ1n) is 6.18. The number of halogens is 1. The largest absolute Gasteiger partial charge is 0.461 e. The Kier molecular flexibility index (Phi) is 4.46. The minimum Gasteiger partial charge on any atom is -0.461 e. The van der Waals surface area contributed by atoms with Crippen LogP contribution in [0.2, 0.25) is 5.02 Å². The Morgan fingerprint density at radius 3 is 2.94 bits per heavy atom. The summed E-state index contributed by atoms with van der Waals surface area (Å²) in [6, 6.07) is 7.82. The molecule has 0 radical (unpaired) electrons. The molecule has 0 aliphatic rings. The summed E-state index contributed by atoms with van der Waals surface area (Å²) < 4.78 is 5.74. The van der Waals surface area contributed by atoms with E-state index in [1.165, 1.54) is 6.42 Å². The number of fused-ring (bicyclic) bond motifs is 1. The Balaban J connectivity index is 1.91. The number of aryl methyl sites for hydroxylation is 1. The van der Waals surface area contributed by atoms with Gasteiger partial charge in [0.05, 0.1) is 0 Å². The molecule has 1 N–H and O–H groups in total. The third-order valence-electron chi connectivity index (χ3n) is 2.73. The Morgan fingerprint density at radius 2 is 2.12 bits per heavy atom. The van der Waals surface area contributed by atoms with Crippen LogP contribution in [-0.2, 0) is 6.42 Å². The molecule has 0 bridgehead atoms. The summed E-state index contributed by atoms with van der Waals surface area (Å²) in [4.78, 5) is 0. The molecule has 3 heteroatoms. The molecular weight excluding hydrogens is 234 g/mol. The predicted octanol–water partition coefficient (Wildman–Crippen LogP) is 4.02. The second-order valence-electron chi connectivity index (χ2n) is 4.25. The molecule has 0 unspecified atom stereocenters. The van der Waals surface area contributed by atoms with Gasteiger partial charge in [0.1, 0.15) is 11.3 Å². The second kappa shape index (κ2) is 6.08. The number of furan rings is 1. The average molecular weight is 252 g/mol. The maximum absolute atomic E-state index is 5.94. The van der Waals surface area contributed by atoms with Crippen LogP contribution < -0.4 is 5.32 Å². The zero-order valence-electron chi connectivity index (χ0n) is 10.1. The van der Waals surface area contributed by atoms with Crippen molar-refractivity contribution in [2.24, 2.45) is 0 Å². The normalized spacial score (nSPS) is 11.2. The van der Waals surface area contributed by atoms with Crippen LogP contribution in [0.5, 0.6) is 0 Å². The minimum absolute atomic E-state index is 0.759. The SMILES string of the molecule is CCCNCCCc1cc2cc(Cl)ccc2o1. The molecule has 0 amide bonds. The molecular formula is C14H18ClNO. The fourth-order valence-corrected chi connectivity index (χ4v) is 2.06. The van der Waals surface area contributed by atoms with Crippen LogP contribution in [0, 0.1) is 0 Å². The van der Waals surface area contributed by atoms with Crippen LogP contribution in [-0.4, -0.2) is 13.1 Å². The van der Waals surface area contributed by atoms with Crippen LogP contribution in [0.1, 0.15) is 25.5 Å². The van der Waals surface area contributed by atoms with E-state index in [0.717, 1.165) is 47.7 Å². The molecule has 2 nitrogen and oxygen atoms in total. The van der Waals surface area contributed by atoms with E-state index in [1.807, 2.05) is 18.2 Å². The topological polar surface area (TPSA) is 25.2 Å². The van der Waals surface area contributed by atoms with Gasteiger partial charge in [-0.3, -0.25) is 0 Å². The molecule has 2 rings (SSSR count). The molecule has 2 aromatic rings. The van der Waals surface area contributed by atoms with E-state index >= 15 is 0 Å². The van der Waals surface area contributed by atoms with Crippen LogP contribution in [0.15, 0.2) is 28.7 Å². The van der Waals surface area contributed by atoms with Crippen LogP contribution in [0.3, 0.4) is 0 Å². The van der Waals surface area contributed by atoms with Gasteiger partial charge in [-0.1, -0.05) is 18.5 Å². The standard InChI is InChI=1S/C14H18ClNO/c1-2-7-16-8-3-4-13-10-11-9-12(15)5-6-14(11)17-13/h5-6,9-10,16H,2-4,7-8H2,1H3. The lowest BCUT2D eigenvalue weighted by Gasteiger charge is -2.00. The first-order valence-corrected chi connectivity index (χ1v) is 6.56. The first kappa shape index (κ1) is 12.5. The summed E-state index contributed by atoms with van der Waals surface area (Å²) in [7, 11) is 0. The fourth-order valence-electron chi connectivity index (χ4n) is 1.88. The lowest BCUT2D eigenvalue weighted by molar-refractivity contribution is 0.528. The maximum Gasteiger partial charge on any atom is 0.134 e. The van der Waals surface area contributed by atoms with E-state index in [2.05, 4.69) is 18.3 Å². The van der Waals surface area contributed by atoms with Gasteiger partial charge in [0, 0.05) is 16.8 Å². The van der Waals surface area contributed by atoms with Gasteiger partial charge in [-0.15, -0.1) is 0 Å². The summed E-state index contributed by atoms with van der Waals surface area (Å²) in [6.45, 7) is 4.32. The van der Waals surface area contributed by atoms with E-state index in [4.69, 9.17) is 16.0 Å². The molecule has 0 saturated carbocycles. The first-order chi connectivity index (χ1) is 8.29. The third kappa shape index (κ3) is 3.48. The van der Waals surface area contributed by atoms with Crippen LogP contribution in [0.4, 0.5) is 0 Å². The van der Waals surface area contributed by atoms with Crippen molar-refractivity contribution in [1.29, 1.82) is 0 Å². The molecule has 1 aromatic carbocycles. The van der Waals surface area contributed by atoms with Crippen molar-refractivity contribution in [3.05, 3.63) is 35.0 Å². The van der Waals surface area contributed by atoms with E-state index in [1.54, 1.807) is 0 Å². The Labute approximate surface area is 107 Å². The monoisotopic (exact) mass is 251 g/mol. The Bertz CT molecular complexity index is 478. The van der Waals surface area contributed by atoms with Gasteiger partial charge < -0.3 is 9.73 Å². The van der Waals surface area contributed by atoms with E-state index in [0.29, 0.717) is 0 Å². The quantitative estimate of drug-likeness (QED) is 0.785. The lowest BCUT2D eigenvalue weighted by atomic mass is 10.2. The summed E-state index contributed by atoms with van der Waals surface area (Å²) in [5, 5.41) is 5.24.